The Labute approximate surface area is 187 Å². The molecule has 2 aromatic carbocycles. The van der Waals surface area contributed by atoms with Crippen molar-refractivity contribution in [2.24, 2.45) is 0 Å². The van der Waals surface area contributed by atoms with Crippen molar-refractivity contribution in [3.63, 3.8) is 0 Å². The second-order valence-electron chi connectivity index (χ2n) is 8.06. The molecule has 0 unspecified atom stereocenters. The fourth-order valence-corrected chi connectivity index (χ4v) is 5.35. The van der Waals surface area contributed by atoms with Crippen molar-refractivity contribution < 1.29 is 9.13 Å². The lowest BCUT2D eigenvalue weighted by Crippen LogP contribution is -2.25. The second kappa shape index (κ2) is 7.65. The first kappa shape index (κ1) is 19.3. The largest absolute Gasteiger partial charge is 0.489 e. The van der Waals surface area contributed by atoms with Gasteiger partial charge < -0.3 is 9.64 Å². The molecule has 32 heavy (non-hydrogen) atoms. The number of hydrogen-bond acceptors (Lipinski definition) is 6. The monoisotopic (exact) mass is 445 g/mol. The summed E-state index contributed by atoms with van der Waals surface area (Å²) in [6.45, 7) is 2.41. The van der Waals surface area contributed by atoms with E-state index in [9.17, 15) is 4.39 Å². The van der Waals surface area contributed by atoms with Gasteiger partial charge in [-0.1, -0.05) is 24.3 Å². The van der Waals surface area contributed by atoms with Crippen LogP contribution in [0.2, 0.25) is 0 Å². The highest BCUT2D eigenvalue weighted by atomic mass is 32.1. The Balaban J connectivity index is 1.28. The van der Waals surface area contributed by atoms with E-state index in [0.29, 0.717) is 18.2 Å². The highest BCUT2D eigenvalue weighted by molar-refractivity contribution is 7.19. The third-order valence-electron chi connectivity index (χ3n) is 5.80. The zero-order valence-corrected chi connectivity index (χ0v) is 18.3. The van der Waals surface area contributed by atoms with Gasteiger partial charge in [-0.2, -0.15) is 0 Å². The Kier molecular flexibility index (Phi) is 4.62. The minimum atomic E-state index is -0.274. The van der Waals surface area contributed by atoms with E-state index >= 15 is 0 Å². The first-order chi connectivity index (χ1) is 15.6. The van der Waals surface area contributed by atoms with Crippen molar-refractivity contribution in [1.82, 2.24) is 24.5 Å². The molecule has 0 amide bonds. The van der Waals surface area contributed by atoms with E-state index in [2.05, 4.69) is 22.0 Å². The van der Waals surface area contributed by atoms with Crippen LogP contribution in [0.25, 0.3) is 27.3 Å². The van der Waals surface area contributed by atoms with Gasteiger partial charge in [-0.05, 0) is 48.9 Å². The van der Waals surface area contributed by atoms with E-state index in [1.807, 2.05) is 24.3 Å². The van der Waals surface area contributed by atoms with Crippen LogP contribution in [0.3, 0.4) is 0 Å². The summed E-state index contributed by atoms with van der Waals surface area (Å²) in [5.74, 6) is 1.04. The summed E-state index contributed by atoms with van der Waals surface area (Å²) >= 11 is 1.76. The molecule has 6 rings (SSSR count). The molecule has 1 aliphatic heterocycles. The molecule has 4 heterocycles. The zero-order chi connectivity index (χ0) is 21.7. The number of aromatic nitrogens is 4. The van der Waals surface area contributed by atoms with Crippen LogP contribution in [0, 0.1) is 5.82 Å². The Morgan fingerprint density at radius 2 is 1.91 bits per heavy atom. The molecule has 0 saturated carbocycles. The van der Waals surface area contributed by atoms with Gasteiger partial charge in [0.2, 0.25) is 0 Å². The van der Waals surface area contributed by atoms with Crippen molar-refractivity contribution in [3.05, 3.63) is 76.7 Å². The average Bonchev–Trinajstić information content (AvgIpc) is 3.39. The smallest absolute Gasteiger partial charge is 0.182 e. The minimum absolute atomic E-state index is 0.274. The first-order valence-corrected chi connectivity index (χ1v) is 11.3. The molecular formula is C24H20FN5OS. The van der Waals surface area contributed by atoms with Crippen LogP contribution in [0.4, 0.5) is 4.39 Å². The van der Waals surface area contributed by atoms with Crippen molar-refractivity contribution in [2.45, 2.75) is 19.6 Å². The highest BCUT2D eigenvalue weighted by Crippen LogP contribution is 2.36. The van der Waals surface area contributed by atoms with E-state index in [1.54, 1.807) is 34.3 Å². The third-order valence-corrected chi connectivity index (χ3v) is 6.92. The van der Waals surface area contributed by atoms with E-state index in [4.69, 9.17) is 9.72 Å². The molecule has 1 aliphatic rings. The number of halogens is 1. The molecule has 8 heteroatoms. The normalized spacial score (nSPS) is 14.2. The van der Waals surface area contributed by atoms with Crippen LogP contribution in [0.15, 0.2) is 54.9 Å². The van der Waals surface area contributed by atoms with Gasteiger partial charge >= 0.3 is 0 Å². The molecule has 0 fully saturated rings. The Hall–Kier alpha value is -3.36. The molecule has 0 bridgehead atoms. The lowest BCUT2D eigenvalue weighted by atomic mass is 10.1. The molecule has 0 atom stereocenters. The molecule has 0 radical (unpaired) electrons. The van der Waals surface area contributed by atoms with Crippen molar-refractivity contribution in [1.29, 1.82) is 0 Å². The molecule has 3 aromatic heterocycles. The third kappa shape index (κ3) is 3.41. The van der Waals surface area contributed by atoms with Crippen LogP contribution in [-0.2, 0) is 19.6 Å². The van der Waals surface area contributed by atoms with Gasteiger partial charge in [-0.3, -0.25) is 0 Å². The van der Waals surface area contributed by atoms with Gasteiger partial charge in [0.1, 0.15) is 29.3 Å². The summed E-state index contributed by atoms with van der Waals surface area (Å²) in [6, 6.07) is 14.0. The predicted octanol–water partition coefficient (Wildman–Crippen LogP) is 4.71. The molecule has 0 aliphatic carbocycles. The number of likely N-dealkylation sites (N-methyl/N-ethyl adjacent to an activating group) is 1. The summed E-state index contributed by atoms with van der Waals surface area (Å²) in [6.07, 6.45) is 2.77. The lowest BCUT2D eigenvalue weighted by Gasteiger charge is -2.21. The number of thiophene rings is 1. The van der Waals surface area contributed by atoms with E-state index in [1.165, 1.54) is 22.6 Å². The van der Waals surface area contributed by atoms with Gasteiger partial charge in [-0.25, -0.2) is 18.9 Å². The van der Waals surface area contributed by atoms with Gasteiger partial charge in [0.05, 0.1) is 5.39 Å². The number of ether oxygens (including phenoxy) is 1. The molecule has 160 valence electrons. The number of fused-ring (bicyclic) bond motifs is 5. The Morgan fingerprint density at radius 3 is 2.72 bits per heavy atom. The van der Waals surface area contributed by atoms with Crippen molar-refractivity contribution >= 4 is 27.2 Å². The van der Waals surface area contributed by atoms with Gasteiger partial charge in [0.15, 0.2) is 11.5 Å². The van der Waals surface area contributed by atoms with Crippen LogP contribution in [0.1, 0.15) is 16.0 Å². The topological polar surface area (TPSA) is 55.6 Å². The van der Waals surface area contributed by atoms with Crippen LogP contribution in [0.5, 0.6) is 5.75 Å². The minimum Gasteiger partial charge on any atom is -0.489 e. The maximum atomic E-state index is 13.0. The van der Waals surface area contributed by atoms with E-state index in [-0.39, 0.29) is 5.82 Å². The molecule has 0 saturated heterocycles. The van der Waals surface area contributed by atoms with Crippen LogP contribution >= 0.6 is 11.3 Å². The maximum absolute atomic E-state index is 13.0. The maximum Gasteiger partial charge on any atom is 0.182 e. The molecule has 5 aromatic rings. The van der Waals surface area contributed by atoms with Gasteiger partial charge in [0.25, 0.3) is 0 Å². The Bertz CT molecular complexity index is 1430. The standard InChI is InChI=1S/C24H20FN5OS/c1-29-11-10-19-20(12-29)32-24-21(19)23-27-22(28-30(23)14-26-24)16-4-2-15(3-5-16)13-31-18-8-6-17(25)7-9-18/h2-9,14H,10-13H2,1H3. The van der Waals surface area contributed by atoms with Crippen molar-refractivity contribution in [2.75, 3.05) is 13.6 Å². The van der Waals surface area contributed by atoms with Crippen molar-refractivity contribution in [3.8, 4) is 17.1 Å². The summed E-state index contributed by atoms with van der Waals surface area (Å²) in [4.78, 5) is 14.3. The fourth-order valence-electron chi connectivity index (χ4n) is 4.09. The summed E-state index contributed by atoms with van der Waals surface area (Å²) in [7, 11) is 2.15. The molecule has 6 nitrogen and oxygen atoms in total. The van der Waals surface area contributed by atoms with E-state index < -0.39 is 0 Å². The number of rotatable bonds is 4. The highest BCUT2D eigenvalue weighted by Gasteiger charge is 2.22. The quantitative estimate of drug-likeness (QED) is 0.401. The SMILES string of the molecule is CN1CCc2c(sc3ncn4nc(-c5ccc(COc6ccc(F)cc6)cc5)nc4c23)C1. The van der Waals surface area contributed by atoms with Gasteiger partial charge in [-0.15, -0.1) is 16.4 Å². The number of nitrogens with zero attached hydrogens (tertiary/aromatic N) is 5. The summed E-state index contributed by atoms with van der Waals surface area (Å²) in [5, 5.41) is 5.82. The first-order valence-electron chi connectivity index (χ1n) is 10.5. The molecular weight excluding hydrogens is 425 g/mol. The average molecular weight is 446 g/mol. The fraction of sp³-hybridized carbons (Fsp3) is 0.208. The number of benzene rings is 2. The predicted molar refractivity (Wildman–Crippen MR) is 122 cm³/mol. The lowest BCUT2D eigenvalue weighted by molar-refractivity contribution is 0.306. The molecule has 0 spiro atoms. The summed E-state index contributed by atoms with van der Waals surface area (Å²) in [5.41, 5.74) is 4.20. The second-order valence-corrected chi connectivity index (χ2v) is 9.14. The van der Waals surface area contributed by atoms with E-state index in [0.717, 1.165) is 46.5 Å². The Morgan fingerprint density at radius 1 is 1.09 bits per heavy atom. The zero-order valence-electron chi connectivity index (χ0n) is 17.5. The number of hydrogen-bond donors (Lipinski definition) is 0. The van der Waals surface area contributed by atoms with Crippen LogP contribution in [-0.4, -0.2) is 38.1 Å². The van der Waals surface area contributed by atoms with Gasteiger partial charge in [0, 0.05) is 23.5 Å². The summed E-state index contributed by atoms with van der Waals surface area (Å²) < 4.78 is 20.5. The van der Waals surface area contributed by atoms with Crippen LogP contribution < -0.4 is 4.74 Å². The molecule has 0 N–H and O–H groups in total.